The molecular formula is C12H19F2N5. The maximum atomic E-state index is 13.7. The molecule has 0 bridgehead atoms. The summed E-state index contributed by atoms with van der Waals surface area (Å²) in [6.45, 7) is 4.95. The van der Waals surface area contributed by atoms with Gasteiger partial charge < -0.3 is 15.6 Å². The molecule has 0 amide bonds. The van der Waals surface area contributed by atoms with Crippen molar-refractivity contribution in [3.05, 3.63) is 17.7 Å². The molecule has 0 spiro atoms. The van der Waals surface area contributed by atoms with E-state index in [0.29, 0.717) is 0 Å². The molecule has 0 aromatic carbocycles. The minimum absolute atomic E-state index is 0.0392. The monoisotopic (exact) mass is 271 g/mol. The SMILES string of the molecule is CCN1CCCC(Nc2nc(NN)c(F)cc2F)C1. The lowest BCUT2D eigenvalue weighted by Crippen LogP contribution is -2.42. The fourth-order valence-corrected chi connectivity index (χ4v) is 2.32. The summed E-state index contributed by atoms with van der Waals surface area (Å²) < 4.78 is 26.9. The number of aromatic nitrogens is 1. The van der Waals surface area contributed by atoms with E-state index in [1.807, 2.05) is 0 Å². The highest BCUT2D eigenvalue weighted by molar-refractivity contribution is 5.47. The first-order valence-corrected chi connectivity index (χ1v) is 6.45. The predicted molar refractivity (Wildman–Crippen MR) is 70.7 cm³/mol. The van der Waals surface area contributed by atoms with Crippen LogP contribution in [0.3, 0.4) is 0 Å². The molecule has 1 aliphatic rings. The van der Waals surface area contributed by atoms with Crippen molar-refractivity contribution in [3.8, 4) is 0 Å². The average molecular weight is 271 g/mol. The maximum absolute atomic E-state index is 13.7. The number of nitrogen functional groups attached to an aromatic ring is 1. The van der Waals surface area contributed by atoms with E-state index < -0.39 is 11.6 Å². The van der Waals surface area contributed by atoms with Gasteiger partial charge in [0, 0.05) is 18.7 Å². The number of nitrogens with one attached hydrogen (secondary N) is 2. The van der Waals surface area contributed by atoms with Gasteiger partial charge >= 0.3 is 0 Å². The van der Waals surface area contributed by atoms with Gasteiger partial charge in [-0.2, -0.15) is 0 Å². The van der Waals surface area contributed by atoms with Gasteiger partial charge in [-0.3, -0.25) is 0 Å². The molecule has 1 atom stereocenters. The van der Waals surface area contributed by atoms with Crippen molar-refractivity contribution in [2.45, 2.75) is 25.8 Å². The molecule has 19 heavy (non-hydrogen) atoms. The molecule has 1 saturated heterocycles. The van der Waals surface area contributed by atoms with Crippen LogP contribution in [0.5, 0.6) is 0 Å². The Kier molecular flexibility index (Phi) is 4.49. The van der Waals surface area contributed by atoms with E-state index in [9.17, 15) is 8.78 Å². The minimum Gasteiger partial charge on any atom is -0.364 e. The number of likely N-dealkylation sites (tertiary alicyclic amines) is 1. The van der Waals surface area contributed by atoms with Crippen molar-refractivity contribution in [1.29, 1.82) is 0 Å². The zero-order valence-electron chi connectivity index (χ0n) is 10.9. The zero-order chi connectivity index (χ0) is 13.8. The van der Waals surface area contributed by atoms with Gasteiger partial charge in [0.05, 0.1) is 0 Å². The summed E-state index contributed by atoms with van der Waals surface area (Å²) in [4.78, 5) is 6.10. The number of nitrogens with zero attached hydrogens (tertiary/aromatic N) is 2. The fourth-order valence-electron chi connectivity index (χ4n) is 2.32. The summed E-state index contributed by atoms with van der Waals surface area (Å²) in [7, 11) is 0. The first-order chi connectivity index (χ1) is 9.13. The molecule has 1 aromatic rings. The van der Waals surface area contributed by atoms with Crippen LogP contribution in [-0.4, -0.2) is 35.6 Å². The lowest BCUT2D eigenvalue weighted by Gasteiger charge is -2.32. The first-order valence-electron chi connectivity index (χ1n) is 6.45. The van der Waals surface area contributed by atoms with Crippen LogP contribution in [0.25, 0.3) is 0 Å². The Morgan fingerprint density at radius 1 is 1.42 bits per heavy atom. The third-order valence-corrected chi connectivity index (χ3v) is 3.36. The predicted octanol–water partition coefficient (Wildman–Crippen LogP) is 1.54. The summed E-state index contributed by atoms with van der Waals surface area (Å²) in [5.74, 6) is 3.51. The van der Waals surface area contributed by atoms with Crippen molar-refractivity contribution in [2.75, 3.05) is 30.4 Å². The number of halogens is 2. The van der Waals surface area contributed by atoms with Crippen LogP contribution in [0.15, 0.2) is 6.07 Å². The molecule has 0 radical (unpaired) electrons. The highest BCUT2D eigenvalue weighted by atomic mass is 19.1. The van der Waals surface area contributed by atoms with E-state index >= 15 is 0 Å². The molecule has 7 heteroatoms. The smallest absolute Gasteiger partial charge is 0.178 e. The van der Waals surface area contributed by atoms with Crippen molar-refractivity contribution in [3.63, 3.8) is 0 Å². The van der Waals surface area contributed by atoms with E-state index in [1.165, 1.54) is 0 Å². The second-order valence-corrected chi connectivity index (χ2v) is 4.67. The Morgan fingerprint density at radius 3 is 2.84 bits per heavy atom. The van der Waals surface area contributed by atoms with Gasteiger partial charge in [0.25, 0.3) is 0 Å². The topological polar surface area (TPSA) is 66.2 Å². The normalized spacial score (nSPS) is 20.3. The molecule has 0 aliphatic carbocycles. The minimum atomic E-state index is -0.802. The number of hydrazine groups is 1. The summed E-state index contributed by atoms with van der Waals surface area (Å²) >= 11 is 0. The zero-order valence-corrected chi connectivity index (χ0v) is 10.9. The number of hydrogen-bond acceptors (Lipinski definition) is 5. The fraction of sp³-hybridized carbons (Fsp3) is 0.583. The molecule has 4 N–H and O–H groups in total. The summed E-state index contributed by atoms with van der Waals surface area (Å²) in [6.07, 6.45) is 2.00. The Bertz CT molecular complexity index is 440. The standard InChI is InChI=1S/C12H19F2N5/c1-2-19-5-3-4-8(7-19)16-11-9(13)6-10(14)12(17-11)18-15/h6,8H,2-5,7,15H2,1H3,(H2,16,17,18). The molecule has 2 heterocycles. The van der Waals surface area contributed by atoms with E-state index in [1.54, 1.807) is 0 Å². The summed E-state index contributed by atoms with van der Waals surface area (Å²) in [6, 6.07) is 0.900. The highest BCUT2D eigenvalue weighted by Crippen LogP contribution is 2.21. The van der Waals surface area contributed by atoms with Crippen LogP contribution in [0.4, 0.5) is 20.4 Å². The molecule has 1 fully saturated rings. The first kappa shape index (κ1) is 14.0. The van der Waals surface area contributed by atoms with Crippen molar-refractivity contribution >= 4 is 11.6 Å². The average Bonchev–Trinajstić information content (AvgIpc) is 2.42. The highest BCUT2D eigenvalue weighted by Gasteiger charge is 2.21. The third kappa shape index (κ3) is 3.30. The number of hydrogen-bond donors (Lipinski definition) is 3. The lowest BCUT2D eigenvalue weighted by atomic mass is 10.1. The van der Waals surface area contributed by atoms with Gasteiger partial charge in [0.15, 0.2) is 23.3 Å². The number of piperidine rings is 1. The summed E-state index contributed by atoms with van der Waals surface area (Å²) in [5, 5.41) is 3.03. The van der Waals surface area contributed by atoms with Crippen LogP contribution >= 0.6 is 0 Å². The van der Waals surface area contributed by atoms with Gasteiger partial charge in [0.1, 0.15) is 0 Å². The molecule has 1 aliphatic heterocycles. The van der Waals surface area contributed by atoms with E-state index in [2.05, 4.69) is 27.6 Å². The van der Waals surface area contributed by atoms with Crippen LogP contribution in [0.1, 0.15) is 19.8 Å². The molecule has 1 unspecified atom stereocenters. The number of anilines is 2. The van der Waals surface area contributed by atoms with Crippen molar-refractivity contribution < 1.29 is 8.78 Å². The Hall–Kier alpha value is -1.47. The molecule has 5 nitrogen and oxygen atoms in total. The van der Waals surface area contributed by atoms with Gasteiger partial charge in [-0.05, 0) is 25.9 Å². The molecule has 2 rings (SSSR count). The van der Waals surface area contributed by atoms with Crippen LogP contribution in [0, 0.1) is 11.6 Å². The molecule has 106 valence electrons. The second-order valence-electron chi connectivity index (χ2n) is 4.67. The second kappa shape index (κ2) is 6.12. The Balaban J connectivity index is 2.10. The van der Waals surface area contributed by atoms with Gasteiger partial charge in [-0.25, -0.2) is 19.6 Å². The largest absolute Gasteiger partial charge is 0.364 e. The Morgan fingerprint density at radius 2 is 2.16 bits per heavy atom. The van der Waals surface area contributed by atoms with Crippen molar-refractivity contribution in [2.24, 2.45) is 5.84 Å². The van der Waals surface area contributed by atoms with Gasteiger partial charge in [-0.1, -0.05) is 6.92 Å². The molecule has 1 aromatic heterocycles. The molecular weight excluding hydrogens is 252 g/mol. The van der Waals surface area contributed by atoms with E-state index in [-0.39, 0.29) is 17.7 Å². The Labute approximate surface area is 111 Å². The number of nitrogens with two attached hydrogens (primary N) is 1. The third-order valence-electron chi connectivity index (χ3n) is 3.36. The van der Waals surface area contributed by atoms with E-state index in [4.69, 9.17) is 5.84 Å². The lowest BCUT2D eigenvalue weighted by molar-refractivity contribution is 0.226. The quantitative estimate of drug-likeness (QED) is 0.572. The number of likely N-dealkylation sites (N-methyl/N-ethyl adjacent to an activating group) is 1. The van der Waals surface area contributed by atoms with Crippen molar-refractivity contribution in [1.82, 2.24) is 9.88 Å². The van der Waals surface area contributed by atoms with Crippen LogP contribution in [0.2, 0.25) is 0 Å². The van der Waals surface area contributed by atoms with Gasteiger partial charge in [0.2, 0.25) is 0 Å². The summed E-state index contributed by atoms with van der Waals surface area (Å²) in [5.41, 5.74) is 2.12. The number of pyridine rings is 1. The van der Waals surface area contributed by atoms with Gasteiger partial charge in [-0.15, -0.1) is 0 Å². The number of rotatable bonds is 4. The van der Waals surface area contributed by atoms with Crippen LogP contribution in [-0.2, 0) is 0 Å². The maximum Gasteiger partial charge on any atom is 0.178 e. The van der Waals surface area contributed by atoms with Crippen LogP contribution < -0.4 is 16.6 Å². The van der Waals surface area contributed by atoms with E-state index in [0.717, 1.165) is 38.5 Å². The molecule has 0 saturated carbocycles.